The smallest absolute Gasteiger partial charge is 0.119 e. The molecule has 0 aliphatic heterocycles. The van der Waals surface area contributed by atoms with E-state index < -0.39 is 5.60 Å². The van der Waals surface area contributed by atoms with Gasteiger partial charge in [-0.1, -0.05) is 72.8 Å². The van der Waals surface area contributed by atoms with Gasteiger partial charge >= 0.3 is 0 Å². The van der Waals surface area contributed by atoms with E-state index in [9.17, 15) is 0 Å². The van der Waals surface area contributed by atoms with Crippen LogP contribution in [-0.4, -0.2) is 20.2 Å². The highest BCUT2D eigenvalue weighted by Crippen LogP contribution is 2.36. The van der Waals surface area contributed by atoms with Crippen LogP contribution < -0.4 is 5.32 Å². The van der Waals surface area contributed by atoms with Crippen molar-refractivity contribution in [3.8, 4) is 0 Å². The van der Waals surface area contributed by atoms with Crippen LogP contribution in [0, 0.1) is 0 Å². The molecule has 2 rings (SSSR count). The number of ether oxygens (including phenoxy) is 1. The SMILES string of the molecule is C/C=C/CNCCC(OC)(c1ccccc1)c1ccccc1. The van der Waals surface area contributed by atoms with Crippen molar-refractivity contribution in [1.82, 2.24) is 5.32 Å². The maximum absolute atomic E-state index is 6.06. The van der Waals surface area contributed by atoms with Gasteiger partial charge in [-0.3, -0.25) is 0 Å². The molecular weight excluding hydrogens is 270 g/mol. The Kier molecular flexibility index (Phi) is 6.38. The summed E-state index contributed by atoms with van der Waals surface area (Å²) < 4.78 is 6.06. The molecule has 2 aromatic carbocycles. The summed E-state index contributed by atoms with van der Waals surface area (Å²) in [6.45, 7) is 3.82. The molecule has 2 aromatic rings. The predicted octanol–water partition coefficient (Wildman–Crippen LogP) is 4.13. The summed E-state index contributed by atoms with van der Waals surface area (Å²) >= 11 is 0. The Hall–Kier alpha value is -1.90. The summed E-state index contributed by atoms with van der Waals surface area (Å²) in [5.41, 5.74) is 1.97. The lowest BCUT2D eigenvalue weighted by Crippen LogP contribution is -2.34. The number of hydrogen-bond donors (Lipinski definition) is 1. The first-order valence-corrected chi connectivity index (χ1v) is 7.81. The average Bonchev–Trinajstić information content (AvgIpc) is 2.60. The molecule has 0 spiro atoms. The van der Waals surface area contributed by atoms with E-state index in [1.54, 1.807) is 7.11 Å². The second-order valence-electron chi connectivity index (χ2n) is 5.29. The summed E-state index contributed by atoms with van der Waals surface area (Å²) in [4.78, 5) is 0. The number of allylic oxidation sites excluding steroid dienone is 1. The van der Waals surface area contributed by atoms with Gasteiger partial charge in [0, 0.05) is 13.7 Å². The van der Waals surface area contributed by atoms with E-state index in [-0.39, 0.29) is 0 Å². The van der Waals surface area contributed by atoms with Crippen molar-refractivity contribution in [2.45, 2.75) is 18.9 Å². The molecule has 0 atom stereocenters. The molecular formula is C20H25NO. The quantitative estimate of drug-likeness (QED) is 0.584. The maximum Gasteiger partial charge on any atom is 0.119 e. The fraction of sp³-hybridized carbons (Fsp3) is 0.300. The molecule has 0 aromatic heterocycles. The third-order valence-corrected chi connectivity index (χ3v) is 3.98. The van der Waals surface area contributed by atoms with Gasteiger partial charge in [0.15, 0.2) is 0 Å². The van der Waals surface area contributed by atoms with E-state index in [0.29, 0.717) is 0 Å². The van der Waals surface area contributed by atoms with Crippen molar-refractivity contribution in [3.63, 3.8) is 0 Å². The summed E-state index contributed by atoms with van der Waals surface area (Å²) in [6, 6.07) is 20.9. The van der Waals surface area contributed by atoms with E-state index in [1.807, 2.05) is 19.1 Å². The second kappa shape index (κ2) is 8.52. The molecule has 22 heavy (non-hydrogen) atoms. The Morgan fingerprint density at radius 2 is 1.50 bits per heavy atom. The third kappa shape index (κ3) is 3.85. The van der Waals surface area contributed by atoms with Crippen LogP contribution in [0.1, 0.15) is 24.5 Å². The molecule has 1 N–H and O–H groups in total. The van der Waals surface area contributed by atoms with Gasteiger partial charge in [0.2, 0.25) is 0 Å². The number of rotatable bonds is 8. The Balaban J connectivity index is 2.27. The maximum atomic E-state index is 6.06. The molecule has 2 heteroatoms. The molecule has 0 saturated heterocycles. The number of benzene rings is 2. The Morgan fingerprint density at radius 3 is 1.95 bits per heavy atom. The van der Waals surface area contributed by atoms with Crippen LogP contribution in [0.15, 0.2) is 72.8 Å². The molecule has 0 radical (unpaired) electrons. The van der Waals surface area contributed by atoms with Crippen LogP contribution in [0.25, 0.3) is 0 Å². The summed E-state index contributed by atoms with van der Waals surface area (Å²) in [5.74, 6) is 0. The molecule has 0 bridgehead atoms. The monoisotopic (exact) mass is 295 g/mol. The van der Waals surface area contributed by atoms with Gasteiger partial charge in [-0.05, 0) is 31.0 Å². The minimum absolute atomic E-state index is 0.411. The molecule has 0 unspecified atom stereocenters. The lowest BCUT2D eigenvalue weighted by Gasteiger charge is -2.34. The van der Waals surface area contributed by atoms with Crippen LogP contribution >= 0.6 is 0 Å². The van der Waals surface area contributed by atoms with Crippen LogP contribution in [0.3, 0.4) is 0 Å². The van der Waals surface area contributed by atoms with Crippen molar-refractivity contribution in [1.29, 1.82) is 0 Å². The normalized spacial score (nSPS) is 11.9. The molecule has 0 amide bonds. The standard InChI is InChI=1S/C20H25NO/c1-3-4-16-21-17-15-20(22-2,18-11-7-5-8-12-18)19-13-9-6-10-14-19/h3-14,21H,15-17H2,1-2H3/b4-3+. The van der Waals surface area contributed by atoms with E-state index in [2.05, 4.69) is 66.0 Å². The first-order chi connectivity index (χ1) is 10.8. The van der Waals surface area contributed by atoms with Crippen molar-refractivity contribution in [3.05, 3.63) is 83.9 Å². The average molecular weight is 295 g/mol. The summed E-state index contributed by atoms with van der Waals surface area (Å²) in [6.07, 6.45) is 5.07. The van der Waals surface area contributed by atoms with Crippen LogP contribution in [0.5, 0.6) is 0 Å². The van der Waals surface area contributed by atoms with Gasteiger partial charge in [-0.15, -0.1) is 0 Å². The highest BCUT2D eigenvalue weighted by molar-refractivity contribution is 5.36. The second-order valence-corrected chi connectivity index (χ2v) is 5.29. The molecule has 116 valence electrons. The topological polar surface area (TPSA) is 21.3 Å². The van der Waals surface area contributed by atoms with Crippen LogP contribution in [-0.2, 0) is 10.3 Å². The Labute approximate surface area is 133 Å². The fourth-order valence-corrected chi connectivity index (χ4v) is 2.78. The van der Waals surface area contributed by atoms with Gasteiger partial charge in [-0.2, -0.15) is 0 Å². The lowest BCUT2D eigenvalue weighted by molar-refractivity contribution is 0.0149. The van der Waals surface area contributed by atoms with E-state index >= 15 is 0 Å². The van der Waals surface area contributed by atoms with Gasteiger partial charge in [-0.25, -0.2) is 0 Å². The first kappa shape index (κ1) is 16.5. The van der Waals surface area contributed by atoms with E-state index in [1.165, 1.54) is 11.1 Å². The summed E-state index contributed by atoms with van der Waals surface area (Å²) in [7, 11) is 1.80. The highest BCUT2D eigenvalue weighted by Gasteiger charge is 2.33. The highest BCUT2D eigenvalue weighted by atomic mass is 16.5. The fourth-order valence-electron chi connectivity index (χ4n) is 2.78. The summed E-state index contributed by atoms with van der Waals surface area (Å²) in [5, 5.41) is 3.45. The van der Waals surface area contributed by atoms with Gasteiger partial charge < -0.3 is 10.1 Å². The first-order valence-electron chi connectivity index (χ1n) is 7.81. The van der Waals surface area contributed by atoms with E-state index in [0.717, 1.165) is 19.5 Å². The van der Waals surface area contributed by atoms with E-state index in [4.69, 9.17) is 4.74 Å². The van der Waals surface area contributed by atoms with Crippen molar-refractivity contribution in [2.24, 2.45) is 0 Å². The molecule has 0 aliphatic rings. The molecule has 0 aliphatic carbocycles. The van der Waals surface area contributed by atoms with Gasteiger partial charge in [0.05, 0.1) is 0 Å². The zero-order chi connectivity index (χ0) is 15.7. The van der Waals surface area contributed by atoms with Crippen LogP contribution in [0.2, 0.25) is 0 Å². The van der Waals surface area contributed by atoms with Gasteiger partial charge in [0.25, 0.3) is 0 Å². The Morgan fingerprint density at radius 1 is 0.955 bits per heavy atom. The molecule has 0 saturated carbocycles. The largest absolute Gasteiger partial charge is 0.369 e. The number of nitrogens with one attached hydrogen (secondary N) is 1. The zero-order valence-electron chi connectivity index (χ0n) is 13.5. The van der Waals surface area contributed by atoms with Crippen LogP contribution in [0.4, 0.5) is 0 Å². The zero-order valence-corrected chi connectivity index (χ0v) is 13.5. The molecule has 0 heterocycles. The minimum Gasteiger partial charge on any atom is -0.369 e. The lowest BCUT2D eigenvalue weighted by atomic mass is 9.83. The third-order valence-electron chi connectivity index (χ3n) is 3.98. The molecule has 0 fully saturated rings. The van der Waals surface area contributed by atoms with Crippen molar-refractivity contribution < 1.29 is 4.74 Å². The Bertz CT molecular complexity index is 523. The predicted molar refractivity (Wildman–Crippen MR) is 93.0 cm³/mol. The molecule has 2 nitrogen and oxygen atoms in total. The number of methoxy groups -OCH3 is 1. The van der Waals surface area contributed by atoms with Gasteiger partial charge in [0.1, 0.15) is 5.60 Å². The number of hydrogen-bond acceptors (Lipinski definition) is 2. The van der Waals surface area contributed by atoms with Crippen molar-refractivity contribution in [2.75, 3.05) is 20.2 Å². The van der Waals surface area contributed by atoms with Crippen molar-refractivity contribution >= 4 is 0 Å². The minimum atomic E-state index is -0.411.